The molecule has 0 unspecified atom stereocenters. The normalized spacial score (nSPS) is 13.8. The second-order valence-corrected chi connectivity index (χ2v) is 10.3. The predicted molar refractivity (Wildman–Crippen MR) is 141 cm³/mol. The number of aryl methyl sites for hydroxylation is 1. The molecule has 0 spiro atoms. The summed E-state index contributed by atoms with van der Waals surface area (Å²) in [5, 5.41) is 13.5. The van der Waals surface area contributed by atoms with Crippen LogP contribution in [0.15, 0.2) is 66.0 Å². The van der Waals surface area contributed by atoms with Crippen LogP contribution >= 0.6 is 11.3 Å². The van der Waals surface area contributed by atoms with Crippen LogP contribution in [0, 0.1) is 17.0 Å². The number of hydrogen-bond donors (Lipinski definition) is 0. The van der Waals surface area contributed by atoms with Gasteiger partial charge in [-0.1, -0.05) is 61.7 Å². The lowest BCUT2D eigenvalue weighted by Crippen LogP contribution is -2.48. The van der Waals surface area contributed by atoms with Crippen LogP contribution in [0.4, 0.5) is 5.69 Å². The third-order valence-corrected chi connectivity index (χ3v) is 7.59. The average molecular weight is 506 g/mol. The first-order valence-corrected chi connectivity index (χ1v) is 13.2. The number of nitro benzene ring substituents is 1. The molecule has 1 aliphatic rings. The number of amides is 2. The van der Waals surface area contributed by atoms with Gasteiger partial charge in [0.1, 0.15) is 6.54 Å². The van der Waals surface area contributed by atoms with E-state index in [-0.39, 0.29) is 35.7 Å². The van der Waals surface area contributed by atoms with E-state index in [0.717, 1.165) is 42.5 Å². The molecule has 3 aromatic rings. The molecule has 0 bridgehead atoms. The van der Waals surface area contributed by atoms with E-state index < -0.39 is 4.92 Å². The summed E-state index contributed by atoms with van der Waals surface area (Å²) in [4.78, 5) is 43.0. The van der Waals surface area contributed by atoms with Crippen molar-refractivity contribution in [3.8, 4) is 0 Å². The van der Waals surface area contributed by atoms with Gasteiger partial charge in [0, 0.05) is 34.7 Å². The number of carbonyl (C=O) groups is 2. The van der Waals surface area contributed by atoms with Crippen LogP contribution in [0.1, 0.15) is 58.5 Å². The Morgan fingerprint density at radius 2 is 1.75 bits per heavy atom. The summed E-state index contributed by atoms with van der Waals surface area (Å²) in [5.74, 6) is -0.457. The molecule has 4 rings (SSSR count). The van der Waals surface area contributed by atoms with Gasteiger partial charge >= 0.3 is 0 Å². The minimum absolute atomic E-state index is 0.0522. The summed E-state index contributed by atoms with van der Waals surface area (Å²) < 4.78 is 0. The smallest absolute Gasteiger partial charge is 0.273 e. The van der Waals surface area contributed by atoms with Crippen molar-refractivity contribution < 1.29 is 14.5 Å². The maximum absolute atomic E-state index is 13.7. The summed E-state index contributed by atoms with van der Waals surface area (Å²) in [6, 6.07) is 18.3. The van der Waals surface area contributed by atoms with E-state index in [4.69, 9.17) is 0 Å². The van der Waals surface area contributed by atoms with Gasteiger partial charge in [-0.3, -0.25) is 19.7 Å². The third-order valence-electron chi connectivity index (χ3n) is 6.73. The van der Waals surface area contributed by atoms with Gasteiger partial charge in [0.25, 0.3) is 11.6 Å². The Balaban J connectivity index is 1.61. The van der Waals surface area contributed by atoms with Crippen molar-refractivity contribution in [3.63, 3.8) is 0 Å². The van der Waals surface area contributed by atoms with E-state index in [9.17, 15) is 19.7 Å². The first-order chi connectivity index (χ1) is 17.4. The van der Waals surface area contributed by atoms with Gasteiger partial charge in [-0.15, -0.1) is 11.3 Å². The highest BCUT2D eigenvalue weighted by Crippen LogP contribution is 2.27. The highest BCUT2D eigenvalue weighted by molar-refractivity contribution is 7.09. The second-order valence-electron chi connectivity index (χ2n) is 9.30. The third kappa shape index (κ3) is 6.37. The van der Waals surface area contributed by atoms with Gasteiger partial charge in [0.15, 0.2) is 0 Å². The van der Waals surface area contributed by atoms with E-state index in [1.807, 2.05) is 47.8 Å². The fourth-order valence-corrected chi connectivity index (χ4v) is 5.46. The number of thiophene rings is 1. The van der Waals surface area contributed by atoms with Crippen LogP contribution in [0.25, 0.3) is 0 Å². The summed E-state index contributed by atoms with van der Waals surface area (Å²) in [5.41, 5.74) is 1.69. The SMILES string of the molecule is Cc1ccc(C(=O)N(CC(=O)N(Cc2ccccc2)Cc2cccs2)C2CCCCC2)cc1[N+](=O)[O-]. The van der Waals surface area contributed by atoms with Crippen molar-refractivity contribution in [3.05, 3.63) is 97.7 Å². The molecular formula is C28H31N3O4S. The Morgan fingerprint density at radius 3 is 2.42 bits per heavy atom. The van der Waals surface area contributed by atoms with Crippen LogP contribution in [-0.2, 0) is 17.9 Å². The number of benzene rings is 2. The molecule has 8 heteroatoms. The van der Waals surface area contributed by atoms with E-state index in [0.29, 0.717) is 18.7 Å². The Hall–Kier alpha value is -3.52. The molecule has 1 fully saturated rings. The predicted octanol–water partition coefficient (Wildman–Crippen LogP) is 5.97. The topological polar surface area (TPSA) is 83.8 Å². The van der Waals surface area contributed by atoms with Gasteiger partial charge in [-0.25, -0.2) is 0 Å². The Bertz CT molecular complexity index is 1190. The van der Waals surface area contributed by atoms with Crippen molar-refractivity contribution in [2.24, 2.45) is 0 Å². The minimum atomic E-state index is -0.467. The highest BCUT2D eigenvalue weighted by atomic mass is 32.1. The van der Waals surface area contributed by atoms with Crippen LogP contribution < -0.4 is 0 Å². The lowest BCUT2D eigenvalue weighted by molar-refractivity contribution is -0.385. The lowest BCUT2D eigenvalue weighted by Gasteiger charge is -2.35. The number of rotatable bonds is 9. The van der Waals surface area contributed by atoms with E-state index in [2.05, 4.69) is 0 Å². The first kappa shape index (κ1) is 25.6. The van der Waals surface area contributed by atoms with E-state index in [1.54, 1.807) is 40.2 Å². The van der Waals surface area contributed by atoms with Gasteiger partial charge in [0.2, 0.25) is 5.91 Å². The maximum Gasteiger partial charge on any atom is 0.273 e. The molecule has 1 aliphatic carbocycles. The van der Waals surface area contributed by atoms with Crippen LogP contribution in [0.2, 0.25) is 0 Å². The number of hydrogen-bond acceptors (Lipinski definition) is 5. The van der Waals surface area contributed by atoms with Crippen molar-refractivity contribution in [1.29, 1.82) is 0 Å². The molecule has 2 aromatic carbocycles. The maximum atomic E-state index is 13.7. The average Bonchev–Trinajstić information content (AvgIpc) is 3.41. The molecule has 0 aliphatic heterocycles. The number of carbonyl (C=O) groups excluding carboxylic acids is 2. The fourth-order valence-electron chi connectivity index (χ4n) is 4.74. The Labute approximate surface area is 215 Å². The zero-order chi connectivity index (χ0) is 25.5. The molecule has 0 saturated heterocycles. The van der Waals surface area contributed by atoms with Crippen LogP contribution in [0.3, 0.4) is 0 Å². The number of nitro groups is 1. The molecule has 0 radical (unpaired) electrons. The molecule has 1 saturated carbocycles. The lowest BCUT2D eigenvalue weighted by atomic mass is 9.93. The molecular weight excluding hydrogens is 474 g/mol. The largest absolute Gasteiger partial charge is 0.332 e. The molecule has 1 heterocycles. The zero-order valence-electron chi connectivity index (χ0n) is 20.5. The van der Waals surface area contributed by atoms with Crippen molar-refractivity contribution in [1.82, 2.24) is 9.80 Å². The van der Waals surface area contributed by atoms with Crippen LogP contribution in [0.5, 0.6) is 0 Å². The standard InChI is InChI=1S/C28H31N3O4S/c1-21-14-15-23(17-26(21)31(34)35)28(33)30(24-11-6-3-7-12-24)20-27(32)29(19-25-13-8-16-36-25)18-22-9-4-2-5-10-22/h2,4-5,8-10,13-17,24H,3,6-7,11-12,18-20H2,1H3. The molecule has 0 atom stereocenters. The molecule has 36 heavy (non-hydrogen) atoms. The van der Waals surface area contributed by atoms with E-state index >= 15 is 0 Å². The molecule has 7 nitrogen and oxygen atoms in total. The number of nitrogens with zero attached hydrogens (tertiary/aromatic N) is 3. The molecule has 2 amide bonds. The minimum Gasteiger partial charge on any atom is -0.332 e. The Morgan fingerprint density at radius 1 is 1.00 bits per heavy atom. The molecule has 1 aromatic heterocycles. The van der Waals surface area contributed by atoms with E-state index in [1.165, 1.54) is 6.07 Å². The molecule has 188 valence electrons. The van der Waals surface area contributed by atoms with Crippen LogP contribution in [-0.4, -0.2) is 39.1 Å². The zero-order valence-corrected chi connectivity index (χ0v) is 21.3. The van der Waals surface area contributed by atoms with Gasteiger partial charge in [-0.05, 0) is 42.8 Å². The Kier molecular flexibility index (Phi) is 8.48. The van der Waals surface area contributed by atoms with Crippen molar-refractivity contribution in [2.75, 3.05) is 6.54 Å². The first-order valence-electron chi connectivity index (χ1n) is 12.3. The van der Waals surface area contributed by atoms with Crippen molar-refractivity contribution in [2.45, 2.75) is 58.2 Å². The van der Waals surface area contributed by atoms with Gasteiger partial charge in [0.05, 0.1) is 11.5 Å². The summed E-state index contributed by atoms with van der Waals surface area (Å²) >= 11 is 1.60. The highest BCUT2D eigenvalue weighted by Gasteiger charge is 2.31. The fraction of sp³-hybridized carbons (Fsp3) is 0.357. The van der Waals surface area contributed by atoms with Crippen molar-refractivity contribution >= 4 is 28.8 Å². The monoisotopic (exact) mass is 505 g/mol. The summed E-state index contributed by atoms with van der Waals surface area (Å²) in [7, 11) is 0. The summed E-state index contributed by atoms with van der Waals surface area (Å²) in [6.45, 7) is 2.51. The quantitative estimate of drug-likeness (QED) is 0.265. The molecule has 0 N–H and O–H groups in total. The van der Waals surface area contributed by atoms with Gasteiger partial charge in [-0.2, -0.15) is 0 Å². The second kappa shape index (κ2) is 11.9. The van der Waals surface area contributed by atoms with Gasteiger partial charge < -0.3 is 9.80 Å². The summed E-state index contributed by atoms with van der Waals surface area (Å²) in [6.07, 6.45) is 4.77.